The molecule has 2 aromatic rings. The van der Waals surface area contributed by atoms with E-state index in [1.807, 2.05) is 6.07 Å². The van der Waals surface area contributed by atoms with E-state index in [2.05, 4.69) is 10.3 Å². The minimum atomic E-state index is -0.775. The molecule has 1 aliphatic rings. The highest BCUT2D eigenvalue weighted by Crippen LogP contribution is 2.20. The summed E-state index contributed by atoms with van der Waals surface area (Å²) in [6.07, 6.45) is 1.02. The van der Waals surface area contributed by atoms with Crippen molar-refractivity contribution in [3.63, 3.8) is 0 Å². The highest BCUT2D eigenvalue weighted by molar-refractivity contribution is 5.97. The second-order valence-corrected chi connectivity index (χ2v) is 5.32. The van der Waals surface area contributed by atoms with Gasteiger partial charge in [-0.1, -0.05) is 5.21 Å². The van der Waals surface area contributed by atoms with Crippen LogP contribution in [0.2, 0.25) is 0 Å². The predicted octanol–water partition coefficient (Wildman–Crippen LogP) is 0.905. The Morgan fingerprint density at radius 2 is 2.00 bits per heavy atom. The van der Waals surface area contributed by atoms with Crippen molar-refractivity contribution in [3.05, 3.63) is 23.8 Å². The lowest BCUT2D eigenvalue weighted by atomic mass is 9.96. The van der Waals surface area contributed by atoms with E-state index < -0.39 is 5.97 Å². The van der Waals surface area contributed by atoms with Crippen molar-refractivity contribution in [2.75, 3.05) is 13.1 Å². The summed E-state index contributed by atoms with van der Waals surface area (Å²) in [5.74, 6) is -1.19. The van der Waals surface area contributed by atoms with Gasteiger partial charge in [-0.15, -0.1) is 5.10 Å². The maximum absolute atomic E-state index is 12.5. The summed E-state index contributed by atoms with van der Waals surface area (Å²) in [5.41, 5.74) is 2.12. The number of aromatic nitrogens is 3. The highest BCUT2D eigenvalue weighted by Gasteiger charge is 2.27. The lowest BCUT2D eigenvalue weighted by Crippen LogP contribution is -2.40. The summed E-state index contributed by atoms with van der Waals surface area (Å²) in [5, 5.41) is 16.9. The molecule has 0 unspecified atom stereocenters. The van der Waals surface area contributed by atoms with Gasteiger partial charge in [0.05, 0.1) is 11.4 Å². The Bertz CT molecular complexity index is 701. The number of carbonyl (C=O) groups excluding carboxylic acids is 1. The number of carboxylic acid groups (broad SMARTS) is 1. The molecule has 0 spiro atoms. The van der Waals surface area contributed by atoms with E-state index in [0.717, 1.165) is 5.52 Å². The largest absolute Gasteiger partial charge is 0.481 e. The summed E-state index contributed by atoms with van der Waals surface area (Å²) in [4.78, 5) is 25.1. The molecule has 110 valence electrons. The van der Waals surface area contributed by atoms with Gasteiger partial charge in [-0.25, -0.2) is 4.68 Å². The SMILES string of the molecule is Cn1nnc2cc(C(=O)N3CCC(C(=O)O)CC3)ccc21. The number of hydrogen-bond donors (Lipinski definition) is 1. The number of hydrogen-bond acceptors (Lipinski definition) is 4. The number of fused-ring (bicyclic) bond motifs is 1. The number of aliphatic carboxylic acids is 1. The van der Waals surface area contributed by atoms with Gasteiger partial charge < -0.3 is 10.0 Å². The number of amides is 1. The molecule has 21 heavy (non-hydrogen) atoms. The van der Waals surface area contributed by atoms with Crippen LogP contribution in [0.4, 0.5) is 0 Å². The molecular formula is C14H16N4O3. The Balaban J connectivity index is 1.76. The number of rotatable bonds is 2. The van der Waals surface area contributed by atoms with Gasteiger partial charge >= 0.3 is 5.97 Å². The quantitative estimate of drug-likeness (QED) is 0.887. The van der Waals surface area contributed by atoms with Crippen LogP contribution in [-0.2, 0) is 11.8 Å². The normalized spacial score (nSPS) is 16.3. The lowest BCUT2D eigenvalue weighted by Gasteiger charge is -2.30. The average Bonchev–Trinajstić information content (AvgIpc) is 2.87. The number of carbonyl (C=O) groups is 2. The first-order valence-corrected chi connectivity index (χ1v) is 6.88. The Kier molecular flexibility index (Phi) is 3.32. The van der Waals surface area contributed by atoms with E-state index in [9.17, 15) is 9.59 Å². The van der Waals surface area contributed by atoms with Gasteiger partial charge in [-0.2, -0.15) is 0 Å². The van der Waals surface area contributed by atoms with Crippen LogP contribution in [0.5, 0.6) is 0 Å². The van der Waals surface area contributed by atoms with E-state index in [-0.39, 0.29) is 11.8 Å². The standard InChI is InChI=1S/C14H16N4O3/c1-17-12-3-2-10(8-11(12)15-16-17)13(19)18-6-4-9(5-7-18)14(20)21/h2-3,8-9H,4-7H2,1H3,(H,20,21). The molecule has 3 rings (SSSR count). The second kappa shape index (κ2) is 5.16. The molecular weight excluding hydrogens is 272 g/mol. The van der Waals surface area contributed by atoms with E-state index >= 15 is 0 Å². The molecule has 1 aromatic heterocycles. The van der Waals surface area contributed by atoms with Gasteiger partial charge in [0.15, 0.2) is 0 Å². The van der Waals surface area contributed by atoms with Crippen LogP contribution in [0, 0.1) is 5.92 Å². The first-order valence-electron chi connectivity index (χ1n) is 6.88. The Morgan fingerprint density at radius 1 is 1.29 bits per heavy atom. The highest BCUT2D eigenvalue weighted by atomic mass is 16.4. The van der Waals surface area contributed by atoms with Crippen molar-refractivity contribution in [1.82, 2.24) is 19.9 Å². The topological polar surface area (TPSA) is 88.3 Å². The first-order chi connectivity index (χ1) is 10.1. The summed E-state index contributed by atoms with van der Waals surface area (Å²) < 4.78 is 1.65. The van der Waals surface area contributed by atoms with Crippen LogP contribution >= 0.6 is 0 Å². The number of piperidine rings is 1. The molecule has 1 N–H and O–H groups in total. The molecule has 1 saturated heterocycles. The third kappa shape index (κ3) is 2.46. The van der Waals surface area contributed by atoms with Crippen molar-refractivity contribution in [2.24, 2.45) is 13.0 Å². The molecule has 1 aromatic carbocycles. The molecule has 0 aliphatic carbocycles. The Labute approximate surface area is 121 Å². The third-order valence-corrected chi connectivity index (χ3v) is 3.99. The molecule has 7 heteroatoms. The van der Waals surface area contributed by atoms with Crippen LogP contribution in [0.15, 0.2) is 18.2 Å². The maximum atomic E-state index is 12.5. The predicted molar refractivity (Wildman–Crippen MR) is 74.8 cm³/mol. The fourth-order valence-corrected chi connectivity index (χ4v) is 2.69. The lowest BCUT2D eigenvalue weighted by molar-refractivity contribution is -0.143. The molecule has 1 fully saturated rings. The Morgan fingerprint density at radius 3 is 2.67 bits per heavy atom. The molecule has 0 radical (unpaired) electrons. The summed E-state index contributed by atoms with van der Waals surface area (Å²) in [6.45, 7) is 0.961. The summed E-state index contributed by atoms with van der Waals surface area (Å²) in [7, 11) is 1.80. The van der Waals surface area contributed by atoms with Crippen LogP contribution < -0.4 is 0 Å². The minimum absolute atomic E-state index is 0.0774. The van der Waals surface area contributed by atoms with Crippen molar-refractivity contribution >= 4 is 22.9 Å². The monoisotopic (exact) mass is 288 g/mol. The first kappa shape index (κ1) is 13.5. The van der Waals surface area contributed by atoms with Gasteiger partial charge in [-0.3, -0.25) is 9.59 Å². The maximum Gasteiger partial charge on any atom is 0.306 e. The molecule has 0 atom stereocenters. The van der Waals surface area contributed by atoms with Gasteiger partial charge in [-0.05, 0) is 31.0 Å². The number of nitrogens with zero attached hydrogens (tertiary/aromatic N) is 4. The third-order valence-electron chi connectivity index (χ3n) is 3.99. The molecule has 0 saturated carbocycles. The summed E-state index contributed by atoms with van der Waals surface area (Å²) >= 11 is 0. The number of benzene rings is 1. The van der Waals surface area contributed by atoms with E-state index in [0.29, 0.717) is 37.0 Å². The van der Waals surface area contributed by atoms with Crippen LogP contribution in [-0.4, -0.2) is 50.0 Å². The van der Waals surface area contributed by atoms with Crippen molar-refractivity contribution in [3.8, 4) is 0 Å². The zero-order chi connectivity index (χ0) is 15.0. The second-order valence-electron chi connectivity index (χ2n) is 5.32. The summed E-state index contributed by atoms with van der Waals surface area (Å²) in [6, 6.07) is 5.32. The Hall–Kier alpha value is -2.44. The van der Waals surface area contributed by atoms with Gasteiger partial charge in [0.2, 0.25) is 0 Å². The zero-order valence-corrected chi connectivity index (χ0v) is 11.7. The number of carboxylic acids is 1. The smallest absolute Gasteiger partial charge is 0.306 e. The number of likely N-dealkylation sites (tertiary alicyclic amines) is 1. The molecule has 1 aliphatic heterocycles. The molecule has 2 heterocycles. The van der Waals surface area contributed by atoms with E-state index in [1.54, 1.807) is 28.8 Å². The number of aryl methyl sites for hydroxylation is 1. The molecule has 0 bridgehead atoms. The van der Waals surface area contributed by atoms with E-state index in [4.69, 9.17) is 5.11 Å². The van der Waals surface area contributed by atoms with Gasteiger partial charge in [0.1, 0.15) is 5.52 Å². The van der Waals surface area contributed by atoms with Gasteiger partial charge in [0, 0.05) is 25.7 Å². The fraction of sp³-hybridized carbons (Fsp3) is 0.429. The van der Waals surface area contributed by atoms with Crippen molar-refractivity contribution in [2.45, 2.75) is 12.8 Å². The van der Waals surface area contributed by atoms with Crippen LogP contribution in [0.25, 0.3) is 11.0 Å². The van der Waals surface area contributed by atoms with Crippen molar-refractivity contribution in [1.29, 1.82) is 0 Å². The van der Waals surface area contributed by atoms with Crippen LogP contribution in [0.1, 0.15) is 23.2 Å². The van der Waals surface area contributed by atoms with E-state index in [1.165, 1.54) is 0 Å². The molecule has 1 amide bonds. The zero-order valence-electron chi connectivity index (χ0n) is 11.7. The van der Waals surface area contributed by atoms with Gasteiger partial charge in [0.25, 0.3) is 5.91 Å². The van der Waals surface area contributed by atoms with Crippen molar-refractivity contribution < 1.29 is 14.7 Å². The average molecular weight is 288 g/mol. The molecule has 7 nitrogen and oxygen atoms in total. The minimum Gasteiger partial charge on any atom is -0.481 e. The van der Waals surface area contributed by atoms with Crippen LogP contribution in [0.3, 0.4) is 0 Å². The fourth-order valence-electron chi connectivity index (χ4n) is 2.69.